The summed E-state index contributed by atoms with van der Waals surface area (Å²) in [7, 11) is 0. The molecule has 0 saturated carbocycles. The van der Waals surface area contributed by atoms with Crippen LogP contribution in [0.3, 0.4) is 0 Å². The van der Waals surface area contributed by atoms with Crippen LogP contribution in [0.1, 0.15) is 16.1 Å². The van der Waals surface area contributed by atoms with Crippen molar-refractivity contribution < 1.29 is 40.6 Å². The summed E-state index contributed by atoms with van der Waals surface area (Å²) < 4.78 is 80.9. The normalized spacial score (nSPS) is 11.8. The van der Waals surface area contributed by atoms with E-state index in [1.54, 1.807) is 0 Å². The molecule has 0 aliphatic rings. The van der Waals surface area contributed by atoms with Gasteiger partial charge in [0.2, 0.25) is 0 Å². The van der Waals surface area contributed by atoms with Crippen LogP contribution in [0.2, 0.25) is 0 Å². The highest BCUT2D eigenvalue weighted by molar-refractivity contribution is 5.94. The number of carbonyl (C=O) groups is 1. The maximum Gasteiger partial charge on any atom is 0.573 e. The van der Waals surface area contributed by atoms with Crippen molar-refractivity contribution in [1.82, 2.24) is 10.3 Å². The zero-order valence-corrected chi connectivity index (χ0v) is 13.4. The van der Waals surface area contributed by atoms with Crippen molar-refractivity contribution in [3.05, 3.63) is 53.9 Å². The van der Waals surface area contributed by atoms with Crippen molar-refractivity contribution in [2.45, 2.75) is 19.1 Å². The molecule has 27 heavy (non-hydrogen) atoms. The van der Waals surface area contributed by atoms with E-state index in [0.29, 0.717) is 5.69 Å². The van der Waals surface area contributed by atoms with Gasteiger partial charge in [-0.25, -0.2) is 0 Å². The molecule has 1 aromatic heterocycles. The molecular formula is C16H12F6N2O3. The number of carbonyl (C=O) groups excluding carboxylic acids is 1. The number of nitrogens with zero attached hydrogens (tertiary/aromatic N) is 1. The van der Waals surface area contributed by atoms with Gasteiger partial charge in [-0.1, -0.05) is 6.07 Å². The van der Waals surface area contributed by atoms with Crippen LogP contribution in [-0.4, -0.2) is 30.0 Å². The molecule has 0 fully saturated rings. The topological polar surface area (TPSA) is 60.5 Å². The van der Waals surface area contributed by atoms with E-state index < -0.39 is 30.8 Å². The highest BCUT2D eigenvalue weighted by Gasteiger charge is 2.31. The van der Waals surface area contributed by atoms with Crippen LogP contribution in [-0.2, 0) is 6.54 Å². The number of rotatable bonds is 6. The van der Waals surface area contributed by atoms with E-state index in [4.69, 9.17) is 0 Å². The Morgan fingerprint density at radius 3 is 2.37 bits per heavy atom. The van der Waals surface area contributed by atoms with Crippen molar-refractivity contribution in [1.29, 1.82) is 0 Å². The van der Waals surface area contributed by atoms with Gasteiger partial charge in [0.05, 0.1) is 18.4 Å². The van der Waals surface area contributed by atoms with Crippen LogP contribution in [0.5, 0.6) is 11.5 Å². The molecule has 0 bridgehead atoms. The van der Waals surface area contributed by atoms with Crippen LogP contribution < -0.4 is 14.8 Å². The van der Waals surface area contributed by atoms with Gasteiger partial charge in [0.25, 0.3) is 5.91 Å². The lowest BCUT2D eigenvalue weighted by molar-refractivity contribution is -0.274. The minimum absolute atomic E-state index is 0.0677. The number of halogens is 6. The first kappa shape index (κ1) is 20.3. The average molecular weight is 394 g/mol. The second-order valence-electron chi connectivity index (χ2n) is 5.15. The van der Waals surface area contributed by atoms with Crippen molar-refractivity contribution in [3.63, 3.8) is 0 Å². The van der Waals surface area contributed by atoms with Gasteiger partial charge in [-0.2, -0.15) is 13.2 Å². The molecule has 1 N–H and O–H groups in total. The molecule has 0 aliphatic carbocycles. The second-order valence-corrected chi connectivity index (χ2v) is 5.15. The molecular weight excluding hydrogens is 382 g/mol. The van der Waals surface area contributed by atoms with Crippen LogP contribution in [0.25, 0.3) is 0 Å². The van der Waals surface area contributed by atoms with Crippen molar-refractivity contribution in [2.24, 2.45) is 0 Å². The Hall–Kier alpha value is -2.98. The molecule has 0 atom stereocenters. The first-order valence-corrected chi connectivity index (χ1v) is 7.30. The third kappa shape index (κ3) is 7.42. The fraction of sp³-hybridized carbons (Fsp3) is 0.250. The number of ether oxygens (including phenoxy) is 2. The van der Waals surface area contributed by atoms with E-state index >= 15 is 0 Å². The Bertz CT molecular complexity index is 775. The lowest BCUT2D eigenvalue weighted by Crippen LogP contribution is -2.24. The number of amides is 1. The Labute approximate surface area is 148 Å². The summed E-state index contributed by atoms with van der Waals surface area (Å²) in [5.41, 5.74) is 0.243. The summed E-state index contributed by atoms with van der Waals surface area (Å²) in [5, 5.41) is 2.42. The third-order valence-corrected chi connectivity index (χ3v) is 2.96. The fourth-order valence-electron chi connectivity index (χ4n) is 1.87. The maximum absolute atomic E-state index is 12.2. The Kier molecular flexibility index (Phi) is 6.13. The lowest BCUT2D eigenvalue weighted by atomic mass is 10.2. The molecule has 146 valence electrons. The summed E-state index contributed by atoms with van der Waals surface area (Å²) in [6.07, 6.45) is -8.29. The van der Waals surface area contributed by atoms with E-state index in [0.717, 1.165) is 18.3 Å². The molecule has 0 aliphatic heterocycles. The van der Waals surface area contributed by atoms with Crippen LogP contribution in [0.4, 0.5) is 26.3 Å². The first-order valence-electron chi connectivity index (χ1n) is 7.30. The summed E-state index contributed by atoms with van der Waals surface area (Å²) in [5.74, 6) is -1.32. The molecule has 1 heterocycles. The number of hydrogen-bond acceptors (Lipinski definition) is 4. The Morgan fingerprint density at radius 2 is 1.78 bits per heavy atom. The lowest BCUT2D eigenvalue weighted by Gasteiger charge is -2.11. The minimum Gasteiger partial charge on any atom is -0.483 e. The number of nitrogens with one attached hydrogen (secondary N) is 1. The molecule has 1 amide bonds. The molecule has 2 rings (SSSR count). The summed E-state index contributed by atoms with van der Waals surface area (Å²) in [6, 6.07) is 7.07. The molecule has 1 aromatic carbocycles. The second kappa shape index (κ2) is 8.14. The highest BCUT2D eigenvalue weighted by atomic mass is 19.4. The fourth-order valence-corrected chi connectivity index (χ4v) is 1.87. The van der Waals surface area contributed by atoms with Crippen LogP contribution >= 0.6 is 0 Å². The van der Waals surface area contributed by atoms with E-state index in [1.807, 2.05) is 0 Å². The number of alkyl halides is 6. The molecule has 0 unspecified atom stereocenters. The summed E-state index contributed by atoms with van der Waals surface area (Å²) in [4.78, 5) is 15.8. The van der Waals surface area contributed by atoms with Crippen molar-refractivity contribution >= 4 is 5.91 Å². The molecule has 11 heteroatoms. The van der Waals surface area contributed by atoms with E-state index in [1.165, 1.54) is 24.3 Å². The monoisotopic (exact) mass is 394 g/mol. The SMILES string of the molecule is O=C(NCc1ccc(OCC(F)(F)F)cn1)c1cccc(OC(F)(F)F)c1. The minimum atomic E-state index is -4.88. The molecule has 5 nitrogen and oxygen atoms in total. The predicted molar refractivity (Wildman–Crippen MR) is 80.1 cm³/mol. The predicted octanol–water partition coefficient (Wildman–Crippen LogP) is 3.85. The summed E-state index contributed by atoms with van der Waals surface area (Å²) >= 11 is 0. The zero-order chi connectivity index (χ0) is 20.1. The average Bonchev–Trinajstić information content (AvgIpc) is 2.57. The summed E-state index contributed by atoms with van der Waals surface area (Å²) in [6.45, 7) is -1.55. The van der Waals surface area contributed by atoms with Crippen molar-refractivity contribution in [3.8, 4) is 11.5 Å². The van der Waals surface area contributed by atoms with Gasteiger partial charge in [-0.15, -0.1) is 13.2 Å². The highest BCUT2D eigenvalue weighted by Crippen LogP contribution is 2.23. The van der Waals surface area contributed by atoms with Gasteiger partial charge in [0, 0.05) is 5.56 Å². The largest absolute Gasteiger partial charge is 0.573 e. The van der Waals surface area contributed by atoms with Gasteiger partial charge >= 0.3 is 12.5 Å². The van der Waals surface area contributed by atoms with Gasteiger partial charge in [-0.05, 0) is 30.3 Å². The van der Waals surface area contributed by atoms with Gasteiger partial charge in [0.15, 0.2) is 6.61 Å². The Balaban J connectivity index is 1.91. The maximum atomic E-state index is 12.2. The van der Waals surface area contributed by atoms with Gasteiger partial charge in [0.1, 0.15) is 11.5 Å². The van der Waals surface area contributed by atoms with Gasteiger partial charge in [-0.3, -0.25) is 9.78 Å². The number of hydrogen-bond donors (Lipinski definition) is 1. The number of benzene rings is 1. The van der Waals surface area contributed by atoms with Crippen molar-refractivity contribution in [2.75, 3.05) is 6.61 Å². The third-order valence-electron chi connectivity index (χ3n) is 2.96. The van der Waals surface area contributed by atoms with E-state index in [9.17, 15) is 31.1 Å². The zero-order valence-electron chi connectivity index (χ0n) is 13.4. The molecule has 0 saturated heterocycles. The standard InChI is InChI=1S/C16H12F6N2O3/c17-15(18,19)9-26-13-5-4-11(23-8-13)7-24-14(25)10-2-1-3-12(6-10)27-16(20,21)22/h1-6,8H,7,9H2,(H,24,25). The van der Waals surface area contributed by atoms with E-state index in [2.05, 4.69) is 19.8 Å². The van der Waals surface area contributed by atoms with E-state index in [-0.39, 0.29) is 17.9 Å². The molecule has 2 aromatic rings. The molecule has 0 radical (unpaired) electrons. The number of pyridine rings is 1. The quantitative estimate of drug-likeness (QED) is 0.757. The molecule has 0 spiro atoms. The van der Waals surface area contributed by atoms with Crippen LogP contribution in [0.15, 0.2) is 42.6 Å². The van der Waals surface area contributed by atoms with Gasteiger partial charge < -0.3 is 14.8 Å². The smallest absolute Gasteiger partial charge is 0.483 e. The Morgan fingerprint density at radius 1 is 1.04 bits per heavy atom. The first-order chi connectivity index (χ1) is 12.5. The number of aromatic nitrogens is 1. The van der Waals surface area contributed by atoms with Crippen LogP contribution in [0, 0.1) is 0 Å².